The predicted octanol–water partition coefficient (Wildman–Crippen LogP) is 1.98. The van der Waals surface area contributed by atoms with Crippen LogP contribution in [0.3, 0.4) is 0 Å². The van der Waals surface area contributed by atoms with E-state index in [4.69, 9.17) is 4.42 Å². The lowest BCUT2D eigenvalue weighted by atomic mass is 10.1. The lowest BCUT2D eigenvalue weighted by molar-refractivity contribution is 0.0729. The molecular weight excluding hydrogens is 342 g/mol. The maximum atomic E-state index is 12.5. The SMILES string of the molecule is O=C(Nc1nc2c(s1)CN(C(=O)c1cnccn1)CC2)c1ccoc1. The molecule has 0 radical (unpaired) electrons. The molecule has 1 aliphatic rings. The zero-order valence-corrected chi connectivity index (χ0v) is 13.8. The lowest BCUT2D eigenvalue weighted by Gasteiger charge is -2.25. The highest BCUT2D eigenvalue weighted by atomic mass is 32.1. The van der Waals surface area contributed by atoms with Gasteiger partial charge in [-0.25, -0.2) is 9.97 Å². The number of nitrogens with one attached hydrogen (secondary N) is 1. The number of hydrogen-bond donors (Lipinski definition) is 1. The Balaban J connectivity index is 1.48. The van der Waals surface area contributed by atoms with Gasteiger partial charge in [-0.3, -0.25) is 19.9 Å². The summed E-state index contributed by atoms with van der Waals surface area (Å²) in [6.45, 7) is 1.01. The van der Waals surface area contributed by atoms with Gasteiger partial charge in [-0.15, -0.1) is 0 Å². The highest BCUT2D eigenvalue weighted by molar-refractivity contribution is 7.15. The van der Waals surface area contributed by atoms with Crippen molar-refractivity contribution in [2.45, 2.75) is 13.0 Å². The maximum absolute atomic E-state index is 12.5. The Morgan fingerprint density at radius 2 is 2.24 bits per heavy atom. The summed E-state index contributed by atoms with van der Waals surface area (Å²) in [5.41, 5.74) is 1.67. The number of carbonyl (C=O) groups is 2. The Morgan fingerprint density at radius 3 is 3.00 bits per heavy atom. The quantitative estimate of drug-likeness (QED) is 0.771. The molecule has 1 aliphatic heterocycles. The first kappa shape index (κ1) is 15.5. The molecule has 9 heteroatoms. The van der Waals surface area contributed by atoms with E-state index < -0.39 is 0 Å². The van der Waals surface area contributed by atoms with Gasteiger partial charge in [0.15, 0.2) is 5.13 Å². The molecule has 0 unspecified atom stereocenters. The minimum absolute atomic E-state index is 0.156. The second-order valence-corrected chi connectivity index (χ2v) is 6.51. The van der Waals surface area contributed by atoms with Crippen LogP contribution < -0.4 is 5.32 Å². The third-order valence-electron chi connectivity index (χ3n) is 3.80. The van der Waals surface area contributed by atoms with Gasteiger partial charge in [0.1, 0.15) is 12.0 Å². The number of thiazole rings is 1. The van der Waals surface area contributed by atoms with Crippen LogP contribution in [0.2, 0.25) is 0 Å². The molecule has 0 atom stereocenters. The summed E-state index contributed by atoms with van der Waals surface area (Å²) in [6, 6.07) is 1.59. The molecule has 0 aromatic carbocycles. The summed E-state index contributed by atoms with van der Waals surface area (Å²) >= 11 is 1.37. The zero-order chi connectivity index (χ0) is 17.2. The summed E-state index contributed by atoms with van der Waals surface area (Å²) in [5.74, 6) is -0.427. The second-order valence-electron chi connectivity index (χ2n) is 5.42. The van der Waals surface area contributed by atoms with E-state index in [0.717, 1.165) is 10.6 Å². The first-order valence-corrected chi connectivity index (χ1v) is 8.40. The van der Waals surface area contributed by atoms with Crippen LogP contribution in [0.4, 0.5) is 5.13 Å². The van der Waals surface area contributed by atoms with Gasteiger partial charge in [0.25, 0.3) is 11.8 Å². The fraction of sp³-hybridized carbons (Fsp3) is 0.188. The van der Waals surface area contributed by atoms with E-state index in [1.807, 2.05) is 0 Å². The van der Waals surface area contributed by atoms with Gasteiger partial charge in [0, 0.05) is 30.2 Å². The molecule has 4 rings (SSSR count). The summed E-state index contributed by atoms with van der Waals surface area (Å²) in [5, 5.41) is 3.28. The predicted molar refractivity (Wildman–Crippen MR) is 89.3 cm³/mol. The number of furan rings is 1. The molecule has 0 saturated heterocycles. The van der Waals surface area contributed by atoms with Crippen molar-refractivity contribution in [2.75, 3.05) is 11.9 Å². The van der Waals surface area contributed by atoms with Crippen LogP contribution in [-0.4, -0.2) is 38.2 Å². The topological polar surface area (TPSA) is 101 Å². The number of amides is 2. The number of fused-ring (bicyclic) bond motifs is 1. The standard InChI is InChI=1S/C16H13N5O3S/c22-14(10-2-6-24-9-10)20-16-19-11-1-5-21(8-13(11)25-16)15(23)12-7-17-3-4-18-12/h2-4,6-7,9H,1,5,8H2,(H,19,20,22). The van der Waals surface area contributed by atoms with Crippen LogP contribution in [0.25, 0.3) is 0 Å². The average Bonchev–Trinajstić information content (AvgIpc) is 3.30. The molecule has 0 fully saturated rings. The van der Waals surface area contributed by atoms with E-state index in [0.29, 0.717) is 35.9 Å². The van der Waals surface area contributed by atoms with Gasteiger partial charge in [-0.2, -0.15) is 0 Å². The molecule has 3 aromatic heterocycles. The van der Waals surface area contributed by atoms with Gasteiger partial charge in [-0.1, -0.05) is 11.3 Å². The summed E-state index contributed by atoms with van der Waals surface area (Å²) < 4.78 is 4.90. The normalized spacial score (nSPS) is 13.4. The van der Waals surface area contributed by atoms with Crippen molar-refractivity contribution in [3.63, 3.8) is 0 Å². The van der Waals surface area contributed by atoms with Crippen LogP contribution in [0.15, 0.2) is 41.6 Å². The van der Waals surface area contributed by atoms with Crippen LogP contribution >= 0.6 is 11.3 Å². The fourth-order valence-corrected chi connectivity index (χ4v) is 3.58. The van der Waals surface area contributed by atoms with Crippen molar-refractivity contribution in [1.82, 2.24) is 19.9 Å². The molecule has 0 saturated carbocycles. The monoisotopic (exact) mass is 355 g/mol. The van der Waals surface area contributed by atoms with E-state index in [1.165, 1.54) is 42.5 Å². The smallest absolute Gasteiger partial charge is 0.274 e. The Morgan fingerprint density at radius 1 is 1.32 bits per heavy atom. The highest BCUT2D eigenvalue weighted by Crippen LogP contribution is 2.29. The van der Waals surface area contributed by atoms with Crippen molar-refractivity contribution < 1.29 is 14.0 Å². The van der Waals surface area contributed by atoms with Crippen molar-refractivity contribution in [1.29, 1.82) is 0 Å². The largest absolute Gasteiger partial charge is 0.472 e. The van der Waals surface area contributed by atoms with E-state index >= 15 is 0 Å². The fourth-order valence-electron chi connectivity index (χ4n) is 2.56. The molecule has 0 bridgehead atoms. The van der Waals surface area contributed by atoms with Gasteiger partial charge in [-0.05, 0) is 6.07 Å². The maximum Gasteiger partial charge on any atom is 0.274 e. The van der Waals surface area contributed by atoms with Gasteiger partial charge >= 0.3 is 0 Å². The van der Waals surface area contributed by atoms with Crippen LogP contribution in [0.1, 0.15) is 31.4 Å². The third kappa shape index (κ3) is 3.13. The van der Waals surface area contributed by atoms with E-state index in [1.54, 1.807) is 11.0 Å². The van der Waals surface area contributed by atoms with Gasteiger partial charge in [0.05, 0.1) is 30.3 Å². The number of hydrogen-bond acceptors (Lipinski definition) is 7. The molecule has 2 amide bonds. The molecule has 3 aromatic rings. The molecule has 0 aliphatic carbocycles. The molecule has 0 spiro atoms. The van der Waals surface area contributed by atoms with E-state index in [2.05, 4.69) is 20.3 Å². The number of carbonyl (C=O) groups excluding carboxylic acids is 2. The summed E-state index contributed by atoms with van der Waals surface area (Å²) in [7, 11) is 0. The Labute approximate surface area is 146 Å². The molecule has 25 heavy (non-hydrogen) atoms. The van der Waals surface area contributed by atoms with Crippen molar-refractivity contribution in [3.05, 3.63) is 59.0 Å². The minimum Gasteiger partial charge on any atom is -0.472 e. The number of anilines is 1. The number of rotatable bonds is 3. The highest BCUT2D eigenvalue weighted by Gasteiger charge is 2.26. The minimum atomic E-state index is -0.271. The molecular formula is C16H13N5O3S. The lowest BCUT2D eigenvalue weighted by Crippen LogP contribution is -2.36. The zero-order valence-electron chi connectivity index (χ0n) is 13.0. The molecule has 4 heterocycles. The third-order valence-corrected chi connectivity index (χ3v) is 4.80. The first-order chi connectivity index (χ1) is 12.2. The van der Waals surface area contributed by atoms with Gasteiger partial charge < -0.3 is 9.32 Å². The van der Waals surface area contributed by atoms with Crippen molar-refractivity contribution in [2.24, 2.45) is 0 Å². The van der Waals surface area contributed by atoms with Crippen LogP contribution in [-0.2, 0) is 13.0 Å². The second kappa shape index (κ2) is 6.44. The summed E-state index contributed by atoms with van der Waals surface area (Å²) in [6.07, 6.45) is 7.95. The Kier molecular flexibility index (Phi) is 3.98. The Hall–Kier alpha value is -3.07. The molecule has 126 valence electrons. The van der Waals surface area contributed by atoms with Gasteiger partial charge in [0.2, 0.25) is 0 Å². The Bertz CT molecular complexity index is 907. The van der Waals surface area contributed by atoms with E-state index in [9.17, 15) is 9.59 Å². The van der Waals surface area contributed by atoms with Crippen LogP contribution in [0, 0.1) is 0 Å². The molecule has 1 N–H and O–H groups in total. The van der Waals surface area contributed by atoms with E-state index in [-0.39, 0.29) is 11.8 Å². The van der Waals surface area contributed by atoms with Crippen LogP contribution in [0.5, 0.6) is 0 Å². The van der Waals surface area contributed by atoms with Crippen molar-refractivity contribution in [3.8, 4) is 0 Å². The first-order valence-electron chi connectivity index (χ1n) is 7.58. The number of nitrogens with zero attached hydrogens (tertiary/aromatic N) is 4. The van der Waals surface area contributed by atoms with Crippen molar-refractivity contribution >= 4 is 28.3 Å². The average molecular weight is 355 g/mol. The molecule has 8 nitrogen and oxygen atoms in total. The summed E-state index contributed by atoms with van der Waals surface area (Å²) in [4.78, 5) is 39.7. The number of aromatic nitrogens is 3.